The number of hydrogen-bond donors (Lipinski definition) is 2. The first-order chi connectivity index (χ1) is 20.1. The number of rotatable bonds is 6. The third-order valence-corrected chi connectivity index (χ3v) is 8.11. The fourth-order valence-electron chi connectivity index (χ4n) is 5.56. The van der Waals surface area contributed by atoms with Crippen molar-refractivity contribution in [3.63, 3.8) is 0 Å². The van der Waals surface area contributed by atoms with E-state index in [1.807, 2.05) is 4.90 Å². The molecule has 2 heterocycles. The molecule has 0 aliphatic carbocycles. The van der Waals surface area contributed by atoms with Crippen molar-refractivity contribution in [1.29, 1.82) is 0 Å². The van der Waals surface area contributed by atoms with Gasteiger partial charge in [-0.25, -0.2) is 9.18 Å². The molecule has 10 nitrogen and oxygen atoms in total. The van der Waals surface area contributed by atoms with Crippen LogP contribution < -0.4 is 15.1 Å². The number of nitrogens with zero attached hydrogens (tertiary/aromatic N) is 4. The van der Waals surface area contributed by atoms with Crippen molar-refractivity contribution in [3.05, 3.63) is 59.4 Å². The zero-order chi connectivity index (χ0) is 31.9. The van der Waals surface area contributed by atoms with Crippen LogP contribution in [0, 0.1) is 11.7 Å². The molecule has 2 saturated heterocycles. The average molecular weight is 608 g/mol. The van der Waals surface area contributed by atoms with Crippen LogP contribution >= 0.6 is 0 Å². The number of carbonyl (C=O) groups is 4. The summed E-state index contributed by atoms with van der Waals surface area (Å²) in [6.45, 7) is 3.91. The van der Waals surface area contributed by atoms with Crippen molar-refractivity contribution in [1.82, 2.24) is 15.1 Å². The molecule has 232 valence electrons. The molecular formula is C29H33F4N5O5. The number of anilines is 2. The van der Waals surface area contributed by atoms with Crippen molar-refractivity contribution in [2.45, 2.75) is 44.4 Å². The Labute approximate surface area is 245 Å². The third kappa shape index (κ3) is 6.09. The average Bonchev–Trinajstić information content (AvgIpc) is 3.19. The molecule has 1 atom stereocenters. The first-order valence-corrected chi connectivity index (χ1v) is 13.6. The van der Waals surface area contributed by atoms with E-state index in [4.69, 9.17) is 0 Å². The number of likely N-dealkylation sites (N-methyl/N-ethyl adjacent to an activating group) is 1. The molecule has 1 unspecified atom stereocenters. The Morgan fingerprint density at radius 3 is 2.19 bits per heavy atom. The predicted octanol–water partition coefficient (Wildman–Crippen LogP) is 4.01. The van der Waals surface area contributed by atoms with Crippen LogP contribution in [0.1, 0.15) is 42.6 Å². The molecular weight excluding hydrogens is 574 g/mol. The standard InChI is InChI=1S/C29H33F4N5O5/c1-17(2)23(34-24(39)21-15-18(29(31,32)33)5-10-22(21)30)25(40)37-13-11-28(12-14-37)26(41)35(3)16-38(28)20-8-6-19(7-9-20)36(4)27(42)43/h5-10,15,17,23H,11-14,16H2,1-4H3,(H,34,39)(H,42,43). The Morgan fingerprint density at radius 2 is 1.65 bits per heavy atom. The lowest BCUT2D eigenvalue weighted by Gasteiger charge is -2.44. The molecule has 2 aromatic carbocycles. The Bertz CT molecular complexity index is 1410. The van der Waals surface area contributed by atoms with Crippen molar-refractivity contribution < 1.29 is 41.8 Å². The summed E-state index contributed by atoms with van der Waals surface area (Å²) in [5.74, 6) is -3.37. The van der Waals surface area contributed by atoms with Gasteiger partial charge in [-0.3, -0.25) is 19.3 Å². The van der Waals surface area contributed by atoms with Crippen LogP contribution in [0.5, 0.6) is 0 Å². The normalized spacial score (nSPS) is 17.4. The number of nitrogens with one attached hydrogen (secondary N) is 1. The number of piperidine rings is 1. The van der Waals surface area contributed by atoms with Gasteiger partial charge in [-0.05, 0) is 61.2 Å². The molecule has 4 rings (SSSR count). The van der Waals surface area contributed by atoms with Crippen molar-refractivity contribution in [3.8, 4) is 0 Å². The van der Waals surface area contributed by atoms with Gasteiger partial charge in [-0.15, -0.1) is 0 Å². The molecule has 43 heavy (non-hydrogen) atoms. The summed E-state index contributed by atoms with van der Waals surface area (Å²) in [7, 11) is 3.09. The molecule has 2 aromatic rings. The van der Waals surface area contributed by atoms with E-state index in [2.05, 4.69) is 5.32 Å². The minimum atomic E-state index is -4.78. The van der Waals surface area contributed by atoms with Gasteiger partial charge in [0, 0.05) is 38.6 Å². The van der Waals surface area contributed by atoms with Crippen LogP contribution in [0.4, 0.5) is 33.7 Å². The summed E-state index contributed by atoms with van der Waals surface area (Å²) in [5, 5.41) is 11.7. The first kappa shape index (κ1) is 31.6. The van der Waals surface area contributed by atoms with Crippen LogP contribution in [0.25, 0.3) is 0 Å². The number of carbonyl (C=O) groups excluding carboxylic acids is 3. The Morgan fingerprint density at radius 1 is 1.05 bits per heavy atom. The number of likely N-dealkylation sites (tertiary alicyclic amines) is 1. The maximum atomic E-state index is 14.3. The SMILES string of the molecule is CC(C)C(NC(=O)c1cc(C(F)(F)F)ccc1F)C(=O)N1CCC2(CC1)C(=O)N(C)CN2c1ccc(N(C)C(=O)O)cc1. The van der Waals surface area contributed by atoms with Crippen LogP contribution in [0.3, 0.4) is 0 Å². The van der Waals surface area contributed by atoms with Crippen molar-refractivity contribution in [2.75, 3.05) is 43.7 Å². The number of hydrogen-bond acceptors (Lipinski definition) is 5. The Hall–Kier alpha value is -4.36. The lowest BCUT2D eigenvalue weighted by atomic mass is 9.85. The number of amides is 4. The molecule has 0 bridgehead atoms. The second kappa shape index (κ2) is 11.7. The van der Waals surface area contributed by atoms with E-state index in [0.29, 0.717) is 29.6 Å². The highest BCUT2D eigenvalue weighted by molar-refractivity contribution is 5.98. The highest BCUT2D eigenvalue weighted by atomic mass is 19.4. The first-order valence-electron chi connectivity index (χ1n) is 13.6. The van der Waals surface area contributed by atoms with Gasteiger partial charge in [0.25, 0.3) is 5.91 Å². The fourth-order valence-corrected chi connectivity index (χ4v) is 5.56. The van der Waals surface area contributed by atoms with E-state index in [1.54, 1.807) is 50.1 Å². The lowest BCUT2D eigenvalue weighted by Crippen LogP contribution is -2.60. The molecule has 2 N–H and O–H groups in total. The van der Waals surface area contributed by atoms with E-state index in [9.17, 15) is 41.8 Å². The van der Waals surface area contributed by atoms with Gasteiger partial charge in [0.05, 0.1) is 17.8 Å². The summed E-state index contributed by atoms with van der Waals surface area (Å²) in [5.41, 5.74) is -1.80. The maximum absolute atomic E-state index is 14.3. The van der Waals surface area contributed by atoms with Crippen LogP contribution in [0.2, 0.25) is 0 Å². The van der Waals surface area contributed by atoms with Crippen molar-refractivity contribution in [2.24, 2.45) is 5.92 Å². The minimum Gasteiger partial charge on any atom is -0.465 e. The Kier molecular flexibility index (Phi) is 8.61. The van der Waals surface area contributed by atoms with Crippen LogP contribution in [-0.4, -0.2) is 84.2 Å². The molecule has 1 spiro atoms. The zero-order valence-corrected chi connectivity index (χ0v) is 24.1. The Balaban J connectivity index is 1.50. The predicted molar refractivity (Wildman–Crippen MR) is 149 cm³/mol. The van der Waals surface area contributed by atoms with Gasteiger partial charge in [0.1, 0.15) is 17.4 Å². The van der Waals surface area contributed by atoms with Gasteiger partial charge in [0.2, 0.25) is 11.8 Å². The van der Waals surface area contributed by atoms with Gasteiger partial charge in [0.15, 0.2) is 0 Å². The molecule has 14 heteroatoms. The number of halogens is 4. The van der Waals surface area contributed by atoms with E-state index in [0.717, 1.165) is 4.90 Å². The molecule has 0 saturated carbocycles. The van der Waals surface area contributed by atoms with Gasteiger partial charge < -0.3 is 25.1 Å². The summed E-state index contributed by atoms with van der Waals surface area (Å²) < 4.78 is 53.8. The highest BCUT2D eigenvalue weighted by Gasteiger charge is 2.53. The second-order valence-corrected chi connectivity index (χ2v) is 11.2. The molecule has 4 amide bonds. The fraction of sp³-hybridized carbons (Fsp3) is 0.448. The highest BCUT2D eigenvalue weighted by Crippen LogP contribution is 2.40. The largest absolute Gasteiger partial charge is 0.465 e. The van der Waals surface area contributed by atoms with Gasteiger partial charge in [-0.2, -0.15) is 13.2 Å². The number of carboxylic acid groups (broad SMARTS) is 1. The third-order valence-electron chi connectivity index (χ3n) is 8.11. The second-order valence-electron chi connectivity index (χ2n) is 11.2. The van der Waals surface area contributed by atoms with Crippen molar-refractivity contribution >= 4 is 35.2 Å². The number of benzene rings is 2. The van der Waals surface area contributed by atoms with E-state index in [1.165, 1.54) is 11.9 Å². The monoisotopic (exact) mass is 607 g/mol. The minimum absolute atomic E-state index is 0.125. The summed E-state index contributed by atoms with van der Waals surface area (Å²) in [4.78, 5) is 57.2. The summed E-state index contributed by atoms with van der Waals surface area (Å²) in [6.07, 6.45) is -5.37. The van der Waals surface area contributed by atoms with Gasteiger partial charge in [-0.1, -0.05) is 13.8 Å². The quantitative estimate of drug-likeness (QED) is 0.480. The summed E-state index contributed by atoms with van der Waals surface area (Å²) in [6, 6.07) is 7.12. The molecule has 2 aliphatic rings. The molecule has 2 fully saturated rings. The van der Waals surface area contributed by atoms with E-state index < -0.39 is 58.5 Å². The topological polar surface area (TPSA) is 113 Å². The summed E-state index contributed by atoms with van der Waals surface area (Å²) >= 11 is 0. The van der Waals surface area contributed by atoms with Crippen LogP contribution in [0.15, 0.2) is 42.5 Å². The molecule has 2 aliphatic heterocycles. The molecule has 0 aromatic heterocycles. The zero-order valence-electron chi connectivity index (χ0n) is 24.1. The molecule has 0 radical (unpaired) electrons. The van der Waals surface area contributed by atoms with Crippen LogP contribution in [-0.2, 0) is 15.8 Å². The number of alkyl halides is 3. The smallest absolute Gasteiger partial charge is 0.416 e. The van der Waals surface area contributed by atoms with E-state index in [-0.39, 0.29) is 38.5 Å². The van der Waals surface area contributed by atoms with E-state index >= 15 is 0 Å². The van der Waals surface area contributed by atoms with Gasteiger partial charge >= 0.3 is 12.3 Å². The maximum Gasteiger partial charge on any atom is 0.416 e. The lowest BCUT2D eigenvalue weighted by molar-refractivity contribution is -0.139.